The van der Waals surface area contributed by atoms with Crippen molar-refractivity contribution in [3.63, 3.8) is 0 Å². The van der Waals surface area contributed by atoms with E-state index in [9.17, 15) is 8.78 Å². The summed E-state index contributed by atoms with van der Waals surface area (Å²) in [4.78, 5) is 3.92. The van der Waals surface area contributed by atoms with Gasteiger partial charge in [-0.25, -0.2) is 9.37 Å². The summed E-state index contributed by atoms with van der Waals surface area (Å²) >= 11 is 0. The molecule has 0 radical (unpaired) electrons. The van der Waals surface area contributed by atoms with Gasteiger partial charge < -0.3 is 10.5 Å². The molecular weight excluding hydrogens is 238 g/mol. The Bertz CT molecular complexity index is 558. The van der Waals surface area contributed by atoms with Crippen molar-refractivity contribution in [2.75, 3.05) is 0 Å². The molecule has 2 N–H and O–H groups in total. The van der Waals surface area contributed by atoms with E-state index in [2.05, 4.69) is 4.98 Å². The average molecular weight is 250 g/mol. The van der Waals surface area contributed by atoms with Gasteiger partial charge in [0.1, 0.15) is 0 Å². The summed E-state index contributed by atoms with van der Waals surface area (Å²) in [5.74, 6) is -2.03. The lowest BCUT2D eigenvalue weighted by Gasteiger charge is -2.09. The monoisotopic (exact) mass is 250 g/mol. The first-order valence-electron chi connectivity index (χ1n) is 5.41. The SMILES string of the molecule is CC(N)c1ccnc(Oc2cccc(F)c2F)c1. The van der Waals surface area contributed by atoms with E-state index in [0.717, 1.165) is 11.6 Å². The first-order chi connectivity index (χ1) is 8.58. The molecule has 1 aromatic heterocycles. The van der Waals surface area contributed by atoms with Gasteiger partial charge in [-0.15, -0.1) is 0 Å². The Morgan fingerprint density at radius 3 is 2.78 bits per heavy atom. The van der Waals surface area contributed by atoms with E-state index in [0.29, 0.717) is 0 Å². The van der Waals surface area contributed by atoms with Gasteiger partial charge in [-0.2, -0.15) is 4.39 Å². The Labute approximate surface area is 103 Å². The lowest BCUT2D eigenvalue weighted by atomic mass is 10.1. The molecule has 0 aliphatic heterocycles. The smallest absolute Gasteiger partial charge is 0.219 e. The quantitative estimate of drug-likeness (QED) is 0.910. The molecule has 2 aromatic rings. The minimum absolute atomic E-state index is 0.175. The van der Waals surface area contributed by atoms with Gasteiger partial charge in [0.05, 0.1) is 0 Å². The third-order valence-electron chi connectivity index (χ3n) is 2.42. The van der Waals surface area contributed by atoms with Crippen molar-refractivity contribution in [3.8, 4) is 11.6 Å². The first kappa shape index (κ1) is 12.4. The predicted octanol–water partition coefficient (Wildman–Crippen LogP) is 3.17. The van der Waals surface area contributed by atoms with Gasteiger partial charge in [0.2, 0.25) is 11.7 Å². The summed E-state index contributed by atoms with van der Waals surface area (Å²) < 4.78 is 31.6. The summed E-state index contributed by atoms with van der Waals surface area (Å²) in [6.45, 7) is 1.81. The zero-order chi connectivity index (χ0) is 13.1. The third-order valence-corrected chi connectivity index (χ3v) is 2.42. The number of hydrogen-bond acceptors (Lipinski definition) is 3. The summed E-state index contributed by atoms with van der Waals surface area (Å²) in [5, 5.41) is 0. The molecule has 0 saturated heterocycles. The first-order valence-corrected chi connectivity index (χ1v) is 5.41. The van der Waals surface area contributed by atoms with Crippen LogP contribution in [0, 0.1) is 11.6 Å². The minimum Gasteiger partial charge on any atom is -0.436 e. The molecule has 0 aliphatic carbocycles. The van der Waals surface area contributed by atoms with Crippen molar-refractivity contribution >= 4 is 0 Å². The second-order valence-electron chi connectivity index (χ2n) is 3.87. The van der Waals surface area contributed by atoms with Gasteiger partial charge in [0.15, 0.2) is 11.6 Å². The highest BCUT2D eigenvalue weighted by Crippen LogP contribution is 2.25. The fourth-order valence-corrected chi connectivity index (χ4v) is 1.44. The van der Waals surface area contributed by atoms with Crippen molar-refractivity contribution in [1.82, 2.24) is 4.98 Å². The number of hydrogen-bond donors (Lipinski definition) is 1. The largest absolute Gasteiger partial charge is 0.436 e. The Hall–Kier alpha value is -2.01. The van der Waals surface area contributed by atoms with Gasteiger partial charge in [-0.1, -0.05) is 6.07 Å². The number of benzene rings is 1. The zero-order valence-electron chi connectivity index (χ0n) is 9.73. The molecule has 0 bridgehead atoms. The van der Waals surface area contributed by atoms with E-state index < -0.39 is 11.6 Å². The molecule has 2 rings (SSSR count). The maximum atomic E-state index is 13.4. The highest BCUT2D eigenvalue weighted by atomic mass is 19.2. The van der Waals surface area contributed by atoms with E-state index in [4.69, 9.17) is 10.5 Å². The maximum absolute atomic E-state index is 13.4. The summed E-state index contributed by atoms with van der Waals surface area (Å²) in [5.41, 5.74) is 6.52. The van der Waals surface area contributed by atoms with E-state index in [1.165, 1.54) is 18.3 Å². The maximum Gasteiger partial charge on any atom is 0.219 e. The van der Waals surface area contributed by atoms with E-state index in [-0.39, 0.29) is 17.7 Å². The van der Waals surface area contributed by atoms with Crippen LogP contribution in [0.1, 0.15) is 18.5 Å². The molecule has 0 aliphatic rings. The molecule has 18 heavy (non-hydrogen) atoms. The van der Waals surface area contributed by atoms with Crippen LogP contribution < -0.4 is 10.5 Å². The number of pyridine rings is 1. The predicted molar refractivity (Wildman–Crippen MR) is 63.3 cm³/mol. The van der Waals surface area contributed by atoms with Gasteiger partial charge in [0, 0.05) is 18.3 Å². The third kappa shape index (κ3) is 2.62. The fraction of sp³-hybridized carbons (Fsp3) is 0.154. The van der Waals surface area contributed by atoms with E-state index in [1.807, 2.05) is 6.92 Å². The summed E-state index contributed by atoms with van der Waals surface area (Å²) in [7, 11) is 0. The van der Waals surface area contributed by atoms with Crippen LogP contribution in [0.5, 0.6) is 11.6 Å². The minimum atomic E-state index is -1.04. The van der Waals surface area contributed by atoms with Crippen LogP contribution in [0.3, 0.4) is 0 Å². The van der Waals surface area contributed by atoms with E-state index >= 15 is 0 Å². The molecule has 94 valence electrons. The molecule has 1 unspecified atom stereocenters. The summed E-state index contributed by atoms with van der Waals surface area (Å²) in [6, 6.07) is 6.86. The fourth-order valence-electron chi connectivity index (χ4n) is 1.44. The normalized spacial score (nSPS) is 12.2. The molecular formula is C13H12F2N2O. The lowest BCUT2D eigenvalue weighted by Crippen LogP contribution is -2.05. The van der Waals surface area contributed by atoms with Crippen LogP contribution in [-0.2, 0) is 0 Å². The second kappa shape index (κ2) is 5.10. The van der Waals surface area contributed by atoms with Crippen LogP contribution in [0.25, 0.3) is 0 Å². The van der Waals surface area contributed by atoms with Gasteiger partial charge in [-0.3, -0.25) is 0 Å². The van der Waals surface area contributed by atoms with Crippen molar-refractivity contribution in [3.05, 3.63) is 53.7 Å². The Balaban J connectivity index is 2.28. The Morgan fingerprint density at radius 2 is 2.06 bits per heavy atom. The van der Waals surface area contributed by atoms with Crippen molar-refractivity contribution in [2.24, 2.45) is 5.73 Å². The van der Waals surface area contributed by atoms with Crippen LogP contribution >= 0.6 is 0 Å². The molecule has 1 aromatic carbocycles. The number of rotatable bonds is 3. The number of halogens is 2. The number of nitrogens with zero attached hydrogens (tertiary/aromatic N) is 1. The van der Waals surface area contributed by atoms with Crippen molar-refractivity contribution in [1.29, 1.82) is 0 Å². The Morgan fingerprint density at radius 1 is 1.28 bits per heavy atom. The molecule has 5 heteroatoms. The topological polar surface area (TPSA) is 48.1 Å². The molecule has 0 amide bonds. The standard InChI is InChI=1S/C13H12F2N2O/c1-8(16)9-5-6-17-12(7-9)18-11-4-2-3-10(14)13(11)15/h2-8H,16H2,1H3. The highest BCUT2D eigenvalue weighted by molar-refractivity contribution is 5.31. The number of aromatic nitrogens is 1. The van der Waals surface area contributed by atoms with Crippen LogP contribution in [0.15, 0.2) is 36.5 Å². The molecule has 1 heterocycles. The molecule has 1 atom stereocenters. The Kier molecular flexibility index (Phi) is 3.53. The molecule has 0 spiro atoms. The van der Waals surface area contributed by atoms with Gasteiger partial charge >= 0.3 is 0 Å². The van der Waals surface area contributed by atoms with Crippen molar-refractivity contribution in [2.45, 2.75) is 13.0 Å². The summed E-state index contributed by atoms with van der Waals surface area (Å²) in [6.07, 6.45) is 1.51. The number of ether oxygens (including phenoxy) is 1. The van der Waals surface area contributed by atoms with Crippen molar-refractivity contribution < 1.29 is 13.5 Å². The van der Waals surface area contributed by atoms with Gasteiger partial charge in [-0.05, 0) is 30.7 Å². The zero-order valence-corrected chi connectivity index (χ0v) is 9.73. The molecule has 0 fully saturated rings. The average Bonchev–Trinajstić information content (AvgIpc) is 2.35. The molecule has 0 saturated carbocycles. The lowest BCUT2D eigenvalue weighted by molar-refractivity contribution is 0.405. The molecule has 3 nitrogen and oxygen atoms in total. The highest BCUT2D eigenvalue weighted by Gasteiger charge is 2.11. The second-order valence-corrected chi connectivity index (χ2v) is 3.87. The van der Waals surface area contributed by atoms with Gasteiger partial charge in [0.25, 0.3) is 0 Å². The van der Waals surface area contributed by atoms with E-state index in [1.54, 1.807) is 12.1 Å². The van der Waals surface area contributed by atoms with Crippen LogP contribution in [0.2, 0.25) is 0 Å². The van der Waals surface area contributed by atoms with Crippen LogP contribution in [0.4, 0.5) is 8.78 Å². The number of nitrogens with two attached hydrogens (primary N) is 1. The van der Waals surface area contributed by atoms with Crippen LogP contribution in [-0.4, -0.2) is 4.98 Å².